The van der Waals surface area contributed by atoms with Gasteiger partial charge in [-0.3, -0.25) is 14.3 Å². The average molecular weight is 459 g/mol. The van der Waals surface area contributed by atoms with Crippen LogP contribution in [0.25, 0.3) is 5.69 Å². The second-order valence-corrected chi connectivity index (χ2v) is 9.44. The van der Waals surface area contributed by atoms with E-state index in [4.69, 9.17) is 4.74 Å². The van der Waals surface area contributed by atoms with Crippen molar-refractivity contribution in [1.29, 1.82) is 0 Å². The quantitative estimate of drug-likeness (QED) is 0.562. The van der Waals surface area contributed by atoms with Crippen molar-refractivity contribution in [3.05, 3.63) is 64.1 Å². The maximum atomic E-state index is 12.9. The number of aromatic nitrogens is 2. The van der Waals surface area contributed by atoms with Gasteiger partial charge in [0.25, 0.3) is 5.56 Å². The number of carbonyl (C=O) groups is 1. The Balaban J connectivity index is 1.84. The van der Waals surface area contributed by atoms with Crippen LogP contribution in [0.5, 0.6) is 5.75 Å². The fourth-order valence-corrected chi connectivity index (χ4v) is 4.36. The number of hydrogen-bond acceptors (Lipinski definition) is 6. The molecule has 1 amide bonds. The van der Waals surface area contributed by atoms with Gasteiger partial charge in [-0.1, -0.05) is 18.2 Å². The first kappa shape index (κ1) is 23.1. The summed E-state index contributed by atoms with van der Waals surface area (Å²) in [4.78, 5) is 25.6. The molecule has 3 aromatic rings. The Hall–Kier alpha value is -3.53. The van der Waals surface area contributed by atoms with Gasteiger partial charge in [-0.25, -0.2) is 13.1 Å². The molecule has 10 heteroatoms. The summed E-state index contributed by atoms with van der Waals surface area (Å²) in [6.07, 6.45) is 1.09. The molecule has 2 N–H and O–H groups in total. The molecule has 2 aromatic carbocycles. The fourth-order valence-electron chi connectivity index (χ4n) is 3.43. The Morgan fingerprint density at radius 3 is 2.38 bits per heavy atom. The Bertz CT molecular complexity index is 1320. The lowest BCUT2D eigenvalue weighted by Crippen LogP contribution is -2.26. The number of carbonyl (C=O) groups excluding carboxylic acids is 1. The largest absolute Gasteiger partial charge is 0.493 e. The fraction of sp³-hybridized carbons (Fsp3) is 0.273. The van der Waals surface area contributed by atoms with Crippen LogP contribution in [0.2, 0.25) is 0 Å². The van der Waals surface area contributed by atoms with E-state index in [-0.39, 0.29) is 28.4 Å². The van der Waals surface area contributed by atoms with E-state index in [0.717, 1.165) is 6.26 Å². The monoisotopic (exact) mass is 458 g/mol. The molecule has 32 heavy (non-hydrogen) atoms. The number of nitrogens with zero attached hydrogens (tertiary/aromatic N) is 2. The third kappa shape index (κ3) is 4.54. The van der Waals surface area contributed by atoms with Gasteiger partial charge in [0, 0.05) is 13.3 Å². The molecule has 0 bridgehead atoms. The Morgan fingerprint density at radius 2 is 1.78 bits per heavy atom. The smallest absolute Gasteiger partial charge is 0.295 e. The zero-order valence-electron chi connectivity index (χ0n) is 18.6. The maximum absolute atomic E-state index is 12.9. The van der Waals surface area contributed by atoms with Gasteiger partial charge in [-0.2, -0.15) is 0 Å². The highest BCUT2D eigenvalue weighted by atomic mass is 32.2. The summed E-state index contributed by atoms with van der Waals surface area (Å²) in [7, 11) is -0.427. The minimum atomic E-state index is -3.53. The van der Waals surface area contributed by atoms with Crippen molar-refractivity contribution in [1.82, 2.24) is 9.36 Å². The summed E-state index contributed by atoms with van der Waals surface area (Å²) < 4.78 is 32.6. The third-order valence-corrected chi connectivity index (χ3v) is 6.16. The second-order valence-electron chi connectivity index (χ2n) is 7.45. The topological polar surface area (TPSA) is 111 Å². The SMILES string of the molecule is COc1c(NCC(=O)Nc2c(C)n(C)n(-c3ccccc3)c2=O)cc(C)cc1S(C)(=O)=O. The van der Waals surface area contributed by atoms with Crippen molar-refractivity contribution in [2.24, 2.45) is 7.05 Å². The van der Waals surface area contributed by atoms with Crippen LogP contribution < -0.4 is 20.9 Å². The van der Waals surface area contributed by atoms with Crippen LogP contribution in [0, 0.1) is 13.8 Å². The molecular weight excluding hydrogens is 432 g/mol. The highest BCUT2D eigenvalue weighted by molar-refractivity contribution is 7.90. The average Bonchev–Trinajstić information content (AvgIpc) is 2.95. The summed E-state index contributed by atoms with van der Waals surface area (Å²) >= 11 is 0. The van der Waals surface area contributed by atoms with Crippen LogP contribution >= 0.6 is 0 Å². The van der Waals surface area contributed by atoms with Crippen molar-refractivity contribution >= 4 is 27.1 Å². The third-order valence-electron chi connectivity index (χ3n) is 5.06. The van der Waals surface area contributed by atoms with Crippen molar-refractivity contribution in [3.8, 4) is 11.4 Å². The highest BCUT2D eigenvalue weighted by Crippen LogP contribution is 2.33. The van der Waals surface area contributed by atoms with Crippen LogP contribution in [0.15, 0.2) is 52.2 Å². The molecule has 1 aromatic heterocycles. The summed E-state index contributed by atoms with van der Waals surface area (Å²) in [6.45, 7) is 3.30. The van der Waals surface area contributed by atoms with E-state index in [1.54, 1.807) is 43.8 Å². The molecule has 0 spiro atoms. The van der Waals surface area contributed by atoms with E-state index in [0.29, 0.717) is 22.6 Å². The Morgan fingerprint density at radius 1 is 1.12 bits per heavy atom. The van der Waals surface area contributed by atoms with E-state index >= 15 is 0 Å². The molecule has 170 valence electrons. The minimum absolute atomic E-state index is 0.0348. The minimum Gasteiger partial charge on any atom is -0.493 e. The number of sulfone groups is 1. The second kappa shape index (κ2) is 8.91. The van der Waals surface area contributed by atoms with Crippen LogP contribution in [0.1, 0.15) is 11.3 Å². The van der Waals surface area contributed by atoms with Crippen molar-refractivity contribution in [2.45, 2.75) is 18.7 Å². The Labute approximate surface area is 186 Å². The number of aryl methyl sites for hydroxylation is 1. The van der Waals surface area contributed by atoms with Crippen LogP contribution in [-0.2, 0) is 21.7 Å². The number of benzene rings is 2. The van der Waals surface area contributed by atoms with Gasteiger partial charge in [-0.15, -0.1) is 0 Å². The molecule has 9 nitrogen and oxygen atoms in total. The molecule has 0 fully saturated rings. The number of anilines is 2. The lowest BCUT2D eigenvalue weighted by atomic mass is 10.2. The number of ether oxygens (including phenoxy) is 1. The first-order valence-corrected chi connectivity index (χ1v) is 11.7. The van der Waals surface area contributed by atoms with E-state index in [2.05, 4.69) is 10.6 Å². The Kier molecular flexibility index (Phi) is 6.45. The van der Waals surface area contributed by atoms with Crippen LogP contribution in [0.4, 0.5) is 11.4 Å². The van der Waals surface area contributed by atoms with Crippen molar-refractivity contribution in [2.75, 3.05) is 30.5 Å². The van der Waals surface area contributed by atoms with Gasteiger partial charge in [-0.05, 0) is 43.7 Å². The van der Waals surface area contributed by atoms with Gasteiger partial charge in [0.1, 0.15) is 10.6 Å². The number of nitrogens with one attached hydrogen (secondary N) is 2. The van der Waals surface area contributed by atoms with E-state index in [1.807, 2.05) is 18.2 Å². The van der Waals surface area contributed by atoms with Crippen molar-refractivity contribution in [3.63, 3.8) is 0 Å². The molecule has 0 atom stereocenters. The first-order chi connectivity index (χ1) is 15.0. The molecule has 0 aliphatic heterocycles. The zero-order chi connectivity index (χ0) is 23.6. The maximum Gasteiger partial charge on any atom is 0.295 e. The molecule has 0 aliphatic carbocycles. The summed E-state index contributed by atoms with van der Waals surface area (Å²) in [5.41, 5.74) is 2.17. The number of para-hydroxylation sites is 1. The first-order valence-electron chi connectivity index (χ1n) is 9.81. The van der Waals surface area contributed by atoms with Gasteiger partial charge >= 0.3 is 0 Å². The highest BCUT2D eigenvalue weighted by Gasteiger charge is 2.21. The molecule has 0 saturated carbocycles. The normalized spacial score (nSPS) is 11.3. The van der Waals surface area contributed by atoms with Crippen LogP contribution in [0.3, 0.4) is 0 Å². The van der Waals surface area contributed by atoms with Gasteiger partial charge < -0.3 is 15.4 Å². The zero-order valence-corrected chi connectivity index (χ0v) is 19.4. The lowest BCUT2D eigenvalue weighted by molar-refractivity contribution is -0.114. The predicted molar refractivity (Wildman–Crippen MR) is 124 cm³/mol. The van der Waals surface area contributed by atoms with Gasteiger partial charge in [0.05, 0.1) is 30.7 Å². The lowest BCUT2D eigenvalue weighted by Gasteiger charge is -2.15. The van der Waals surface area contributed by atoms with E-state index in [9.17, 15) is 18.0 Å². The number of hydrogen-bond donors (Lipinski definition) is 2. The molecule has 0 unspecified atom stereocenters. The summed E-state index contributed by atoms with van der Waals surface area (Å²) in [6, 6.07) is 12.3. The number of methoxy groups -OCH3 is 1. The van der Waals surface area contributed by atoms with Crippen LogP contribution in [-0.4, -0.2) is 43.6 Å². The number of amides is 1. The van der Waals surface area contributed by atoms with Crippen molar-refractivity contribution < 1.29 is 17.9 Å². The molecule has 3 rings (SSSR count). The predicted octanol–water partition coefficient (Wildman–Crippen LogP) is 2.26. The molecular formula is C22H26N4O5S. The number of rotatable bonds is 7. The molecule has 0 saturated heterocycles. The van der Waals surface area contributed by atoms with E-state index in [1.165, 1.54) is 17.9 Å². The van der Waals surface area contributed by atoms with Gasteiger partial charge in [0.2, 0.25) is 5.91 Å². The molecule has 0 radical (unpaired) electrons. The standard InChI is InChI=1S/C22H26N4O5S/c1-14-11-17(21(31-4)18(12-14)32(5,29)30)23-13-19(27)24-20-15(2)25(3)26(22(20)28)16-9-7-6-8-10-16/h6-12,23H,13H2,1-5H3,(H,24,27). The molecule has 0 aliphatic rings. The molecule has 1 heterocycles. The summed E-state index contributed by atoms with van der Waals surface area (Å²) in [5, 5.41) is 5.57. The van der Waals surface area contributed by atoms with Gasteiger partial charge in [0.15, 0.2) is 15.6 Å². The summed E-state index contributed by atoms with van der Waals surface area (Å²) in [5.74, 6) is -0.325. The van der Waals surface area contributed by atoms with E-state index < -0.39 is 15.7 Å².